The lowest BCUT2D eigenvalue weighted by Gasteiger charge is -2.14. The predicted molar refractivity (Wildman–Crippen MR) is 103 cm³/mol. The first-order valence-electron chi connectivity index (χ1n) is 8.64. The van der Waals surface area contributed by atoms with E-state index in [-0.39, 0.29) is 29.6 Å². The summed E-state index contributed by atoms with van der Waals surface area (Å²) >= 11 is 0. The molecule has 0 bridgehead atoms. The number of carbonyl (C=O) groups excluding carboxylic acids is 1. The van der Waals surface area contributed by atoms with E-state index < -0.39 is 11.0 Å². The number of nitrogens with one attached hydrogen (secondary N) is 1. The van der Waals surface area contributed by atoms with Crippen LogP contribution in [0.15, 0.2) is 66.7 Å². The van der Waals surface area contributed by atoms with E-state index in [2.05, 4.69) is 5.32 Å². The van der Waals surface area contributed by atoms with Crippen LogP contribution in [0.5, 0.6) is 5.75 Å². The van der Waals surface area contributed by atoms with Gasteiger partial charge in [0.1, 0.15) is 18.0 Å². The number of nitro groups is 1. The molecule has 0 heterocycles. The Morgan fingerprint density at radius 2 is 1.64 bits per heavy atom. The summed E-state index contributed by atoms with van der Waals surface area (Å²) < 4.78 is 5.36. The number of carbonyl (C=O) groups is 1. The summed E-state index contributed by atoms with van der Waals surface area (Å²) in [6.07, 6.45) is -0.824. The average molecular weight is 376 g/mol. The van der Waals surface area contributed by atoms with Gasteiger partial charge in [-0.1, -0.05) is 48.5 Å². The van der Waals surface area contributed by atoms with E-state index in [0.717, 1.165) is 34.4 Å². The van der Waals surface area contributed by atoms with E-state index in [4.69, 9.17) is 4.74 Å². The molecule has 7 heteroatoms. The fourth-order valence-corrected chi connectivity index (χ4v) is 3.53. The Hall–Kier alpha value is -3.87. The highest BCUT2D eigenvalue weighted by molar-refractivity contribution is 5.88. The van der Waals surface area contributed by atoms with Crippen molar-refractivity contribution in [2.75, 3.05) is 11.9 Å². The van der Waals surface area contributed by atoms with Crippen molar-refractivity contribution in [1.29, 1.82) is 0 Å². The molecule has 1 amide bonds. The fourth-order valence-electron chi connectivity index (χ4n) is 3.53. The summed E-state index contributed by atoms with van der Waals surface area (Å²) in [6, 6.07) is 19.3. The highest BCUT2D eigenvalue weighted by atomic mass is 16.6. The van der Waals surface area contributed by atoms with Crippen molar-refractivity contribution in [2.24, 2.45) is 0 Å². The minimum absolute atomic E-state index is 0.0898. The van der Waals surface area contributed by atoms with Crippen molar-refractivity contribution in [3.63, 3.8) is 0 Å². The van der Waals surface area contributed by atoms with Crippen LogP contribution in [0.3, 0.4) is 0 Å². The summed E-state index contributed by atoms with van der Waals surface area (Å²) in [4.78, 5) is 22.7. The number of phenols is 1. The van der Waals surface area contributed by atoms with Crippen LogP contribution in [0.1, 0.15) is 17.0 Å². The number of ether oxygens (including phenoxy) is 1. The van der Waals surface area contributed by atoms with Crippen LogP contribution >= 0.6 is 0 Å². The standard InChI is InChI=1S/C21H16N2O5/c24-13-9-10-20(23(26)27)19(11-13)22-21(25)28-12-18-16-7-3-1-5-14(16)15-6-2-4-8-17(15)18/h1-11,18,24H,12H2,(H,22,25). The fraction of sp³-hybridized carbons (Fsp3) is 0.0952. The summed E-state index contributed by atoms with van der Waals surface area (Å²) in [7, 11) is 0. The van der Waals surface area contributed by atoms with E-state index in [1.165, 1.54) is 6.07 Å². The SMILES string of the molecule is O=C(Nc1cc(O)ccc1[N+](=O)[O-])OCC1c2ccccc2-c2ccccc21. The van der Waals surface area contributed by atoms with E-state index in [9.17, 15) is 20.0 Å². The Kier molecular flexibility index (Phi) is 4.41. The first-order valence-corrected chi connectivity index (χ1v) is 8.64. The summed E-state index contributed by atoms with van der Waals surface area (Å²) in [5, 5.41) is 23.0. The lowest BCUT2D eigenvalue weighted by atomic mass is 9.98. The Labute approximate surface area is 160 Å². The Morgan fingerprint density at radius 1 is 1.04 bits per heavy atom. The largest absolute Gasteiger partial charge is 0.508 e. The lowest BCUT2D eigenvalue weighted by molar-refractivity contribution is -0.383. The Morgan fingerprint density at radius 3 is 2.25 bits per heavy atom. The molecule has 28 heavy (non-hydrogen) atoms. The molecule has 0 aliphatic heterocycles. The quantitative estimate of drug-likeness (QED) is 0.509. The van der Waals surface area contributed by atoms with Gasteiger partial charge in [-0.3, -0.25) is 15.4 Å². The van der Waals surface area contributed by atoms with Crippen LogP contribution in [0, 0.1) is 10.1 Å². The molecule has 0 unspecified atom stereocenters. The molecule has 7 nitrogen and oxygen atoms in total. The maximum absolute atomic E-state index is 12.2. The van der Waals surface area contributed by atoms with Crippen molar-refractivity contribution < 1.29 is 19.6 Å². The van der Waals surface area contributed by atoms with Gasteiger partial charge in [0.25, 0.3) is 5.69 Å². The van der Waals surface area contributed by atoms with Gasteiger partial charge in [-0.15, -0.1) is 0 Å². The first-order chi connectivity index (χ1) is 13.5. The maximum atomic E-state index is 12.2. The molecule has 1 aliphatic carbocycles. The van der Waals surface area contributed by atoms with Crippen molar-refractivity contribution in [3.8, 4) is 16.9 Å². The molecule has 3 aromatic rings. The molecule has 0 aromatic heterocycles. The number of aromatic hydroxyl groups is 1. The monoisotopic (exact) mass is 376 g/mol. The van der Waals surface area contributed by atoms with E-state index in [1.54, 1.807) is 0 Å². The zero-order valence-corrected chi connectivity index (χ0v) is 14.7. The van der Waals surface area contributed by atoms with Gasteiger partial charge in [0.05, 0.1) is 4.92 Å². The van der Waals surface area contributed by atoms with Gasteiger partial charge >= 0.3 is 6.09 Å². The molecule has 140 valence electrons. The van der Waals surface area contributed by atoms with E-state index >= 15 is 0 Å². The van der Waals surface area contributed by atoms with Gasteiger partial charge in [-0.2, -0.15) is 0 Å². The van der Waals surface area contributed by atoms with Crippen LogP contribution in [-0.2, 0) is 4.74 Å². The van der Waals surface area contributed by atoms with Crippen LogP contribution < -0.4 is 5.32 Å². The Balaban J connectivity index is 1.52. The van der Waals surface area contributed by atoms with Crippen LogP contribution in [0.2, 0.25) is 0 Å². The molecule has 0 radical (unpaired) electrons. The zero-order valence-electron chi connectivity index (χ0n) is 14.7. The average Bonchev–Trinajstić information content (AvgIpc) is 3.00. The van der Waals surface area contributed by atoms with Crippen molar-refractivity contribution in [2.45, 2.75) is 5.92 Å². The summed E-state index contributed by atoms with van der Waals surface area (Å²) in [5.74, 6) is -0.308. The normalized spacial score (nSPS) is 12.1. The van der Waals surface area contributed by atoms with Gasteiger partial charge < -0.3 is 9.84 Å². The zero-order chi connectivity index (χ0) is 19.7. The number of anilines is 1. The van der Waals surface area contributed by atoms with Gasteiger partial charge in [0.15, 0.2) is 0 Å². The summed E-state index contributed by atoms with van der Waals surface area (Å²) in [5.41, 5.74) is 3.90. The number of hydrogen-bond acceptors (Lipinski definition) is 5. The third-order valence-electron chi connectivity index (χ3n) is 4.76. The minimum Gasteiger partial charge on any atom is -0.508 e. The van der Waals surface area contributed by atoms with Gasteiger partial charge in [0, 0.05) is 18.1 Å². The molecule has 3 aromatic carbocycles. The van der Waals surface area contributed by atoms with E-state index in [1.807, 2.05) is 48.5 Å². The second-order valence-electron chi connectivity index (χ2n) is 6.41. The number of nitrogens with zero attached hydrogens (tertiary/aromatic N) is 1. The maximum Gasteiger partial charge on any atom is 0.411 e. The van der Waals surface area contributed by atoms with Crippen molar-refractivity contribution in [3.05, 3.63) is 88.0 Å². The van der Waals surface area contributed by atoms with Gasteiger partial charge in [0.2, 0.25) is 0 Å². The lowest BCUT2D eigenvalue weighted by Crippen LogP contribution is -2.18. The second kappa shape index (κ2) is 7.03. The highest BCUT2D eigenvalue weighted by Crippen LogP contribution is 2.44. The van der Waals surface area contributed by atoms with E-state index in [0.29, 0.717) is 0 Å². The molecule has 1 aliphatic rings. The van der Waals surface area contributed by atoms with Crippen LogP contribution in [0.4, 0.5) is 16.2 Å². The smallest absolute Gasteiger partial charge is 0.411 e. The van der Waals surface area contributed by atoms with Gasteiger partial charge in [-0.25, -0.2) is 4.79 Å². The topological polar surface area (TPSA) is 102 Å². The number of phenolic OH excluding ortho intramolecular Hbond substituents is 1. The number of amides is 1. The molecular formula is C21H16N2O5. The number of hydrogen-bond donors (Lipinski definition) is 2. The molecular weight excluding hydrogens is 360 g/mol. The van der Waals surface area contributed by atoms with Gasteiger partial charge in [-0.05, 0) is 28.3 Å². The van der Waals surface area contributed by atoms with Crippen LogP contribution in [0.25, 0.3) is 11.1 Å². The number of rotatable bonds is 4. The molecule has 0 saturated carbocycles. The first kappa shape index (κ1) is 17.5. The molecule has 0 saturated heterocycles. The molecule has 0 atom stereocenters. The number of benzene rings is 3. The molecule has 4 rings (SSSR count). The van der Waals surface area contributed by atoms with Crippen molar-refractivity contribution in [1.82, 2.24) is 0 Å². The number of nitro benzene ring substituents is 1. The number of fused-ring (bicyclic) bond motifs is 3. The summed E-state index contributed by atoms with van der Waals surface area (Å²) in [6.45, 7) is 0.0898. The Bertz CT molecular complexity index is 1030. The second-order valence-corrected chi connectivity index (χ2v) is 6.41. The van der Waals surface area contributed by atoms with Crippen LogP contribution in [-0.4, -0.2) is 22.7 Å². The molecule has 0 spiro atoms. The third kappa shape index (κ3) is 3.14. The third-order valence-corrected chi connectivity index (χ3v) is 4.76. The highest BCUT2D eigenvalue weighted by Gasteiger charge is 2.29. The predicted octanol–water partition coefficient (Wildman–Crippen LogP) is 4.66. The minimum atomic E-state index is -0.824. The molecule has 0 fully saturated rings. The van der Waals surface area contributed by atoms with Crippen molar-refractivity contribution >= 4 is 17.5 Å². The molecule has 2 N–H and O–H groups in total.